The SMILES string of the molecule is CCOC(=O)Cc1csc(NN=Cc2ccc(N3CCCN(C)CC3)cc2)n1. The second kappa shape index (κ2) is 10.2. The number of benzene rings is 1. The van der Waals surface area contributed by atoms with E-state index < -0.39 is 0 Å². The quantitative estimate of drug-likeness (QED) is 0.437. The molecule has 150 valence electrons. The van der Waals surface area contributed by atoms with Gasteiger partial charge >= 0.3 is 5.97 Å². The number of anilines is 2. The van der Waals surface area contributed by atoms with Crippen LogP contribution in [0.2, 0.25) is 0 Å². The van der Waals surface area contributed by atoms with E-state index >= 15 is 0 Å². The van der Waals surface area contributed by atoms with E-state index in [-0.39, 0.29) is 12.4 Å². The van der Waals surface area contributed by atoms with Crippen LogP contribution in [-0.4, -0.2) is 61.9 Å². The number of hydrazone groups is 1. The molecule has 1 aromatic heterocycles. The lowest BCUT2D eigenvalue weighted by Crippen LogP contribution is -2.28. The van der Waals surface area contributed by atoms with Crippen molar-refractivity contribution in [2.75, 3.05) is 50.2 Å². The zero-order valence-corrected chi connectivity index (χ0v) is 17.2. The summed E-state index contributed by atoms with van der Waals surface area (Å²) in [5.74, 6) is -0.265. The van der Waals surface area contributed by atoms with Crippen molar-refractivity contribution in [1.29, 1.82) is 0 Å². The normalized spacial score (nSPS) is 15.6. The fraction of sp³-hybridized carbons (Fsp3) is 0.450. The van der Waals surface area contributed by atoms with Gasteiger partial charge in [0.05, 0.1) is 24.9 Å². The van der Waals surface area contributed by atoms with Crippen molar-refractivity contribution in [3.8, 4) is 0 Å². The summed E-state index contributed by atoms with van der Waals surface area (Å²) in [5.41, 5.74) is 5.88. The average Bonchev–Trinajstić information content (AvgIpc) is 3.00. The van der Waals surface area contributed by atoms with Crippen LogP contribution in [0.15, 0.2) is 34.7 Å². The number of thiazole rings is 1. The molecule has 0 unspecified atom stereocenters. The van der Waals surface area contributed by atoms with Crippen molar-refractivity contribution in [1.82, 2.24) is 9.88 Å². The van der Waals surface area contributed by atoms with Crippen LogP contribution >= 0.6 is 11.3 Å². The van der Waals surface area contributed by atoms with Crippen LogP contribution in [0.4, 0.5) is 10.8 Å². The number of esters is 1. The predicted molar refractivity (Wildman–Crippen MR) is 114 cm³/mol. The minimum absolute atomic E-state index is 0.184. The Bertz CT molecular complexity index is 790. The van der Waals surface area contributed by atoms with Gasteiger partial charge in [0, 0.05) is 30.7 Å². The Morgan fingerprint density at radius 1 is 1.29 bits per heavy atom. The van der Waals surface area contributed by atoms with Crippen molar-refractivity contribution in [2.24, 2.45) is 5.10 Å². The highest BCUT2D eigenvalue weighted by Crippen LogP contribution is 2.18. The molecule has 7 nitrogen and oxygen atoms in total. The zero-order valence-electron chi connectivity index (χ0n) is 16.4. The van der Waals surface area contributed by atoms with Crippen molar-refractivity contribution >= 4 is 34.3 Å². The number of carbonyl (C=O) groups is 1. The number of carbonyl (C=O) groups excluding carboxylic acids is 1. The third kappa shape index (κ3) is 6.03. The molecule has 1 N–H and O–H groups in total. The number of likely N-dealkylation sites (N-methyl/N-ethyl adjacent to an activating group) is 1. The molecule has 0 atom stereocenters. The second-order valence-electron chi connectivity index (χ2n) is 6.73. The Hall–Kier alpha value is -2.45. The summed E-state index contributed by atoms with van der Waals surface area (Å²) in [5, 5.41) is 6.73. The minimum Gasteiger partial charge on any atom is -0.466 e. The molecule has 3 rings (SSSR count). The number of nitrogens with one attached hydrogen (secondary N) is 1. The van der Waals surface area contributed by atoms with Gasteiger partial charge in [-0.3, -0.25) is 10.2 Å². The van der Waals surface area contributed by atoms with Crippen molar-refractivity contribution < 1.29 is 9.53 Å². The van der Waals surface area contributed by atoms with Gasteiger partial charge in [-0.25, -0.2) is 4.98 Å². The third-order valence-corrected chi connectivity index (χ3v) is 5.33. The van der Waals surface area contributed by atoms with E-state index in [9.17, 15) is 4.79 Å². The van der Waals surface area contributed by atoms with Gasteiger partial charge in [0.25, 0.3) is 0 Å². The maximum atomic E-state index is 11.5. The Kier molecular flexibility index (Phi) is 7.39. The van der Waals surface area contributed by atoms with Crippen LogP contribution in [0.1, 0.15) is 24.6 Å². The lowest BCUT2D eigenvalue weighted by atomic mass is 10.2. The Labute approximate surface area is 170 Å². The Balaban J connectivity index is 1.51. The summed E-state index contributed by atoms with van der Waals surface area (Å²) < 4.78 is 4.93. The fourth-order valence-electron chi connectivity index (χ4n) is 3.04. The highest BCUT2D eigenvalue weighted by molar-refractivity contribution is 7.13. The van der Waals surface area contributed by atoms with E-state index in [4.69, 9.17) is 4.74 Å². The predicted octanol–water partition coefficient (Wildman–Crippen LogP) is 2.84. The van der Waals surface area contributed by atoms with Gasteiger partial charge in [-0.2, -0.15) is 5.10 Å². The van der Waals surface area contributed by atoms with Crippen molar-refractivity contribution in [2.45, 2.75) is 19.8 Å². The summed E-state index contributed by atoms with van der Waals surface area (Å²) in [7, 11) is 2.18. The van der Waals surface area contributed by atoms with Crippen LogP contribution in [0.3, 0.4) is 0 Å². The van der Waals surface area contributed by atoms with E-state index in [1.165, 1.54) is 23.4 Å². The summed E-state index contributed by atoms with van der Waals surface area (Å²) in [6, 6.07) is 8.44. The van der Waals surface area contributed by atoms with Gasteiger partial charge in [0.15, 0.2) is 0 Å². The fourth-order valence-corrected chi connectivity index (χ4v) is 3.70. The number of rotatable bonds is 7. The number of hydrogen-bond donors (Lipinski definition) is 1. The molecule has 28 heavy (non-hydrogen) atoms. The Morgan fingerprint density at radius 2 is 2.11 bits per heavy atom. The number of ether oxygens (including phenoxy) is 1. The molecule has 2 heterocycles. The maximum Gasteiger partial charge on any atom is 0.311 e. The lowest BCUT2D eigenvalue weighted by molar-refractivity contribution is -0.142. The van der Waals surface area contributed by atoms with E-state index in [1.54, 1.807) is 13.1 Å². The van der Waals surface area contributed by atoms with Gasteiger partial charge in [0.1, 0.15) is 0 Å². The third-order valence-electron chi connectivity index (χ3n) is 4.53. The van der Waals surface area contributed by atoms with Gasteiger partial charge < -0.3 is 14.5 Å². The van der Waals surface area contributed by atoms with Gasteiger partial charge in [-0.05, 0) is 44.6 Å². The van der Waals surface area contributed by atoms with E-state index in [1.807, 2.05) is 5.38 Å². The van der Waals surface area contributed by atoms with Gasteiger partial charge in [0.2, 0.25) is 5.13 Å². The number of aromatic nitrogens is 1. The molecule has 8 heteroatoms. The first-order valence-corrected chi connectivity index (χ1v) is 10.4. The summed E-state index contributed by atoms with van der Waals surface area (Å²) in [6.07, 6.45) is 3.14. The van der Waals surface area contributed by atoms with Crippen LogP contribution < -0.4 is 10.3 Å². The maximum absolute atomic E-state index is 11.5. The first-order valence-electron chi connectivity index (χ1n) is 9.56. The van der Waals surface area contributed by atoms with Gasteiger partial charge in [-0.15, -0.1) is 11.3 Å². The molecule has 1 aromatic carbocycles. The van der Waals surface area contributed by atoms with Crippen molar-refractivity contribution in [3.63, 3.8) is 0 Å². The van der Waals surface area contributed by atoms with E-state index in [0.29, 0.717) is 17.4 Å². The second-order valence-corrected chi connectivity index (χ2v) is 7.59. The molecule has 0 amide bonds. The highest BCUT2D eigenvalue weighted by Gasteiger charge is 2.12. The highest BCUT2D eigenvalue weighted by atomic mass is 32.1. The topological polar surface area (TPSA) is 70.1 Å². The molecule has 1 aliphatic rings. The van der Waals surface area contributed by atoms with E-state index in [2.05, 4.69) is 56.6 Å². The number of nitrogens with zero attached hydrogens (tertiary/aromatic N) is 4. The lowest BCUT2D eigenvalue weighted by Gasteiger charge is -2.22. The van der Waals surface area contributed by atoms with Crippen LogP contribution in [0, 0.1) is 0 Å². The molecule has 0 saturated carbocycles. The smallest absolute Gasteiger partial charge is 0.311 e. The van der Waals surface area contributed by atoms with Crippen molar-refractivity contribution in [3.05, 3.63) is 40.9 Å². The molecular weight excluding hydrogens is 374 g/mol. The molecule has 0 bridgehead atoms. The van der Waals surface area contributed by atoms with Crippen LogP contribution in [-0.2, 0) is 16.0 Å². The molecule has 1 aliphatic heterocycles. The summed E-state index contributed by atoms with van der Waals surface area (Å²) >= 11 is 1.41. The summed E-state index contributed by atoms with van der Waals surface area (Å²) in [6.45, 7) is 6.58. The van der Waals surface area contributed by atoms with E-state index in [0.717, 1.165) is 31.7 Å². The minimum atomic E-state index is -0.265. The zero-order chi connectivity index (χ0) is 19.8. The molecular formula is C20H27N5O2S. The molecule has 1 fully saturated rings. The monoisotopic (exact) mass is 401 g/mol. The largest absolute Gasteiger partial charge is 0.466 e. The van der Waals surface area contributed by atoms with Crippen LogP contribution in [0.5, 0.6) is 0 Å². The summed E-state index contributed by atoms with van der Waals surface area (Å²) in [4.78, 5) is 20.6. The van der Waals surface area contributed by atoms with Gasteiger partial charge in [-0.1, -0.05) is 12.1 Å². The Morgan fingerprint density at radius 3 is 2.89 bits per heavy atom. The first kappa shape index (κ1) is 20.3. The molecule has 0 aliphatic carbocycles. The number of hydrogen-bond acceptors (Lipinski definition) is 8. The standard InChI is InChI=1S/C20H27N5O2S/c1-3-27-19(26)13-17-15-28-20(22-17)23-21-14-16-5-7-18(8-6-16)25-10-4-9-24(2)11-12-25/h5-8,14-15H,3-4,9-13H2,1-2H3,(H,22,23). The molecule has 2 aromatic rings. The molecule has 0 spiro atoms. The molecule has 0 radical (unpaired) electrons. The molecule has 1 saturated heterocycles. The van der Waals surface area contributed by atoms with Crippen LogP contribution in [0.25, 0.3) is 0 Å². The first-order chi connectivity index (χ1) is 13.6. The average molecular weight is 402 g/mol.